The molecule has 0 radical (unpaired) electrons. The second-order valence-electron chi connectivity index (χ2n) is 4.40. The van der Waals surface area contributed by atoms with E-state index in [2.05, 4.69) is 20.7 Å². The Morgan fingerprint density at radius 3 is 2.52 bits per heavy atom. The Hall–Kier alpha value is -1.73. The lowest BCUT2D eigenvalue weighted by Gasteiger charge is -2.12. The van der Waals surface area contributed by atoms with Crippen molar-refractivity contribution >= 4 is 31.6 Å². The van der Waals surface area contributed by atoms with Gasteiger partial charge in [0.05, 0.1) is 7.11 Å². The molecule has 0 aromatic heterocycles. The standard InChI is InChI=1S/C14H14BrNO4S/c1-9-7-11(4-5-12(9)17)16-21(18,19)14-8-10(15)3-6-13(14)20-2/h3-8,16-17H,1-2H3. The van der Waals surface area contributed by atoms with Crippen molar-refractivity contribution in [2.45, 2.75) is 11.8 Å². The molecule has 0 aliphatic rings. The number of rotatable bonds is 4. The van der Waals surface area contributed by atoms with E-state index in [0.717, 1.165) is 0 Å². The first-order valence-electron chi connectivity index (χ1n) is 5.99. The molecule has 0 saturated heterocycles. The summed E-state index contributed by atoms with van der Waals surface area (Å²) < 4.78 is 33.1. The van der Waals surface area contributed by atoms with Crippen LogP contribution >= 0.6 is 15.9 Å². The van der Waals surface area contributed by atoms with Crippen LogP contribution in [0.5, 0.6) is 11.5 Å². The van der Waals surface area contributed by atoms with Crippen molar-refractivity contribution in [2.75, 3.05) is 11.8 Å². The molecular formula is C14H14BrNO4S. The van der Waals surface area contributed by atoms with E-state index in [4.69, 9.17) is 4.74 Å². The SMILES string of the molecule is COc1ccc(Br)cc1S(=O)(=O)Nc1ccc(O)c(C)c1. The molecule has 2 aromatic carbocycles. The van der Waals surface area contributed by atoms with Crippen LogP contribution in [0.3, 0.4) is 0 Å². The molecular weight excluding hydrogens is 358 g/mol. The zero-order chi connectivity index (χ0) is 15.6. The zero-order valence-corrected chi connectivity index (χ0v) is 13.8. The Labute approximate surface area is 131 Å². The number of sulfonamides is 1. The summed E-state index contributed by atoms with van der Waals surface area (Å²) in [6.45, 7) is 1.69. The number of hydrogen-bond donors (Lipinski definition) is 2. The number of aromatic hydroxyl groups is 1. The number of anilines is 1. The Kier molecular flexibility index (Phi) is 4.43. The Bertz CT molecular complexity index is 775. The highest BCUT2D eigenvalue weighted by molar-refractivity contribution is 9.10. The number of hydrogen-bond acceptors (Lipinski definition) is 4. The Balaban J connectivity index is 2.42. The molecule has 2 rings (SSSR count). The molecule has 2 N–H and O–H groups in total. The molecule has 2 aromatic rings. The minimum atomic E-state index is -3.79. The first-order valence-corrected chi connectivity index (χ1v) is 8.27. The van der Waals surface area contributed by atoms with Crippen molar-refractivity contribution in [3.63, 3.8) is 0 Å². The molecule has 112 valence electrons. The van der Waals surface area contributed by atoms with Gasteiger partial charge in [-0.25, -0.2) is 8.42 Å². The maximum Gasteiger partial charge on any atom is 0.265 e. The number of aryl methyl sites for hydroxylation is 1. The van der Waals surface area contributed by atoms with Crippen LogP contribution in [-0.2, 0) is 10.0 Å². The summed E-state index contributed by atoms with van der Waals surface area (Å²) in [6.07, 6.45) is 0. The normalized spacial score (nSPS) is 11.2. The summed E-state index contributed by atoms with van der Waals surface area (Å²) in [7, 11) is -2.39. The maximum atomic E-state index is 12.5. The highest BCUT2D eigenvalue weighted by atomic mass is 79.9. The average molecular weight is 372 g/mol. The number of nitrogens with one attached hydrogen (secondary N) is 1. The molecule has 0 spiro atoms. The molecule has 0 unspecified atom stereocenters. The van der Waals surface area contributed by atoms with Crippen LogP contribution in [0.15, 0.2) is 45.8 Å². The van der Waals surface area contributed by atoms with Gasteiger partial charge in [0, 0.05) is 10.2 Å². The van der Waals surface area contributed by atoms with Crippen LogP contribution in [0.2, 0.25) is 0 Å². The minimum absolute atomic E-state index is 0.0325. The third-order valence-electron chi connectivity index (χ3n) is 2.86. The fourth-order valence-corrected chi connectivity index (χ4v) is 3.55. The lowest BCUT2D eigenvalue weighted by atomic mass is 10.2. The lowest BCUT2D eigenvalue weighted by molar-refractivity contribution is 0.403. The van der Waals surface area contributed by atoms with Crippen LogP contribution in [0.1, 0.15) is 5.56 Å². The van der Waals surface area contributed by atoms with Gasteiger partial charge >= 0.3 is 0 Å². The van der Waals surface area contributed by atoms with Crippen molar-refractivity contribution in [2.24, 2.45) is 0 Å². The van der Waals surface area contributed by atoms with E-state index in [1.54, 1.807) is 25.1 Å². The molecule has 0 aliphatic heterocycles. The van der Waals surface area contributed by atoms with Crippen molar-refractivity contribution in [3.8, 4) is 11.5 Å². The molecule has 0 amide bonds. The van der Waals surface area contributed by atoms with Gasteiger partial charge in [-0.15, -0.1) is 0 Å². The molecule has 0 fully saturated rings. The predicted molar refractivity (Wildman–Crippen MR) is 84.3 cm³/mol. The monoisotopic (exact) mass is 371 g/mol. The van der Waals surface area contributed by atoms with Crippen LogP contribution in [0.4, 0.5) is 5.69 Å². The van der Waals surface area contributed by atoms with Gasteiger partial charge in [-0.1, -0.05) is 15.9 Å². The highest BCUT2D eigenvalue weighted by Gasteiger charge is 2.20. The number of phenols is 1. The fourth-order valence-electron chi connectivity index (χ4n) is 1.79. The van der Waals surface area contributed by atoms with E-state index in [-0.39, 0.29) is 16.4 Å². The van der Waals surface area contributed by atoms with Crippen molar-refractivity contribution < 1.29 is 18.3 Å². The molecule has 0 atom stereocenters. The molecule has 21 heavy (non-hydrogen) atoms. The van der Waals surface area contributed by atoms with E-state index >= 15 is 0 Å². The predicted octanol–water partition coefficient (Wildman–Crippen LogP) is 3.27. The van der Waals surface area contributed by atoms with Gasteiger partial charge in [0.25, 0.3) is 10.0 Å². The van der Waals surface area contributed by atoms with E-state index in [1.165, 1.54) is 25.3 Å². The van der Waals surface area contributed by atoms with E-state index in [0.29, 0.717) is 15.7 Å². The molecule has 0 saturated carbocycles. The lowest BCUT2D eigenvalue weighted by Crippen LogP contribution is -2.14. The van der Waals surface area contributed by atoms with Gasteiger partial charge in [-0.2, -0.15) is 0 Å². The topological polar surface area (TPSA) is 75.6 Å². The molecule has 0 heterocycles. The zero-order valence-electron chi connectivity index (χ0n) is 11.4. The number of ether oxygens (including phenoxy) is 1. The second kappa shape index (κ2) is 5.95. The number of halogens is 1. The third-order valence-corrected chi connectivity index (χ3v) is 4.76. The summed E-state index contributed by atoms with van der Waals surface area (Å²) in [4.78, 5) is 0.0325. The van der Waals surface area contributed by atoms with Crippen molar-refractivity contribution in [1.82, 2.24) is 0 Å². The number of phenolic OH excluding ortho intramolecular Hbond substituents is 1. The van der Waals surface area contributed by atoms with Crippen LogP contribution < -0.4 is 9.46 Å². The smallest absolute Gasteiger partial charge is 0.265 e. The summed E-state index contributed by atoms with van der Waals surface area (Å²) in [5.41, 5.74) is 0.948. The molecule has 0 bridgehead atoms. The minimum Gasteiger partial charge on any atom is -0.508 e. The van der Waals surface area contributed by atoms with Gasteiger partial charge in [-0.05, 0) is 48.9 Å². The van der Waals surface area contributed by atoms with Crippen molar-refractivity contribution in [1.29, 1.82) is 0 Å². The van der Waals surface area contributed by atoms with E-state index in [1.807, 2.05) is 0 Å². The quantitative estimate of drug-likeness (QED) is 0.808. The molecule has 0 aliphatic carbocycles. The number of benzene rings is 2. The van der Waals surface area contributed by atoms with Gasteiger partial charge in [-0.3, -0.25) is 4.72 Å². The maximum absolute atomic E-state index is 12.5. The first-order chi connectivity index (χ1) is 9.83. The van der Waals surface area contributed by atoms with Crippen LogP contribution in [0.25, 0.3) is 0 Å². The Morgan fingerprint density at radius 2 is 1.90 bits per heavy atom. The second-order valence-corrected chi connectivity index (χ2v) is 6.97. The Morgan fingerprint density at radius 1 is 1.19 bits per heavy atom. The van der Waals surface area contributed by atoms with Crippen molar-refractivity contribution in [3.05, 3.63) is 46.4 Å². The van der Waals surface area contributed by atoms with Gasteiger partial charge in [0.15, 0.2) is 0 Å². The first kappa shape index (κ1) is 15.7. The third kappa shape index (κ3) is 3.48. The van der Waals surface area contributed by atoms with E-state index < -0.39 is 10.0 Å². The van der Waals surface area contributed by atoms with Gasteiger partial charge in [0.2, 0.25) is 0 Å². The van der Waals surface area contributed by atoms with Crippen LogP contribution in [-0.4, -0.2) is 20.6 Å². The molecule has 5 nitrogen and oxygen atoms in total. The molecule has 7 heteroatoms. The average Bonchev–Trinajstić information content (AvgIpc) is 2.42. The van der Waals surface area contributed by atoms with Gasteiger partial charge in [0.1, 0.15) is 16.4 Å². The number of methoxy groups -OCH3 is 1. The van der Waals surface area contributed by atoms with Crippen LogP contribution in [0, 0.1) is 6.92 Å². The summed E-state index contributed by atoms with van der Waals surface area (Å²) >= 11 is 3.24. The fraction of sp³-hybridized carbons (Fsp3) is 0.143. The largest absolute Gasteiger partial charge is 0.508 e. The summed E-state index contributed by atoms with van der Waals surface area (Å²) in [6, 6.07) is 9.21. The van der Waals surface area contributed by atoms with E-state index in [9.17, 15) is 13.5 Å². The highest BCUT2D eigenvalue weighted by Crippen LogP contribution is 2.29. The summed E-state index contributed by atoms with van der Waals surface area (Å²) in [5, 5.41) is 9.47. The van der Waals surface area contributed by atoms with Gasteiger partial charge < -0.3 is 9.84 Å². The summed E-state index contributed by atoms with van der Waals surface area (Å²) in [5.74, 6) is 0.360.